The van der Waals surface area contributed by atoms with E-state index >= 15 is 0 Å². The first-order valence-corrected chi connectivity index (χ1v) is 10.3. The third-order valence-corrected chi connectivity index (χ3v) is 5.61. The predicted octanol–water partition coefficient (Wildman–Crippen LogP) is 5.59. The highest BCUT2D eigenvalue weighted by molar-refractivity contribution is 7.80. The zero-order valence-corrected chi connectivity index (χ0v) is 17.7. The van der Waals surface area contributed by atoms with Gasteiger partial charge >= 0.3 is 0 Å². The van der Waals surface area contributed by atoms with Gasteiger partial charge in [-0.2, -0.15) is 0 Å². The first kappa shape index (κ1) is 19.7. The summed E-state index contributed by atoms with van der Waals surface area (Å²) < 4.78 is 0. The molecule has 0 radical (unpaired) electrons. The molecule has 0 aliphatic carbocycles. The molecule has 0 amide bonds. The lowest BCUT2D eigenvalue weighted by atomic mass is 9.99. The molecule has 3 nitrogen and oxygen atoms in total. The molecule has 1 aliphatic rings. The average molecular weight is 382 g/mol. The summed E-state index contributed by atoms with van der Waals surface area (Å²) in [5, 5.41) is 7.37. The molecule has 144 valence electrons. The molecular weight excluding hydrogens is 350 g/mol. The summed E-state index contributed by atoms with van der Waals surface area (Å²) in [4.78, 5) is 2.50. The first-order valence-electron chi connectivity index (χ1n) is 9.92. The fourth-order valence-corrected chi connectivity index (χ4v) is 4.08. The number of aryl methyl sites for hydroxylation is 2. The van der Waals surface area contributed by atoms with Gasteiger partial charge in [-0.15, -0.1) is 0 Å². The number of anilines is 2. The molecule has 1 saturated heterocycles. The third-order valence-electron chi connectivity index (χ3n) is 5.39. The third kappa shape index (κ3) is 5.23. The summed E-state index contributed by atoms with van der Waals surface area (Å²) in [6.45, 7) is 11.0. The van der Waals surface area contributed by atoms with Crippen molar-refractivity contribution in [2.45, 2.75) is 46.6 Å². The second-order valence-electron chi connectivity index (χ2n) is 7.92. The van der Waals surface area contributed by atoms with E-state index in [1.165, 1.54) is 41.8 Å². The van der Waals surface area contributed by atoms with E-state index in [9.17, 15) is 0 Å². The second-order valence-corrected chi connectivity index (χ2v) is 8.33. The van der Waals surface area contributed by atoms with Gasteiger partial charge in [0, 0.05) is 24.5 Å². The van der Waals surface area contributed by atoms with Gasteiger partial charge in [-0.1, -0.05) is 36.8 Å². The van der Waals surface area contributed by atoms with Crippen LogP contribution in [0, 0.1) is 19.8 Å². The van der Waals surface area contributed by atoms with Crippen LogP contribution < -0.4 is 15.5 Å². The van der Waals surface area contributed by atoms with Crippen molar-refractivity contribution in [3.05, 3.63) is 59.2 Å². The van der Waals surface area contributed by atoms with Crippen molar-refractivity contribution in [2.24, 2.45) is 5.92 Å². The maximum Gasteiger partial charge on any atom is 0.171 e. The van der Waals surface area contributed by atoms with Gasteiger partial charge in [-0.3, -0.25) is 0 Å². The minimum atomic E-state index is 0.157. The summed E-state index contributed by atoms with van der Waals surface area (Å²) in [7, 11) is 0. The zero-order chi connectivity index (χ0) is 19.4. The van der Waals surface area contributed by atoms with Crippen LogP contribution in [-0.4, -0.2) is 18.2 Å². The quantitative estimate of drug-likeness (QED) is 0.675. The van der Waals surface area contributed by atoms with Gasteiger partial charge in [0.25, 0.3) is 0 Å². The molecular formula is C23H31N3S. The first-order chi connectivity index (χ1) is 12.9. The SMILES string of the molecule is Cc1ccc(NC(=S)NC(C)c2ccc(N3CCCC(C)C3)cc2)c(C)c1. The maximum atomic E-state index is 5.52. The number of rotatable bonds is 4. The Balaban J connectivity index is 1.58. The van der Waals surface area contributed by atoms with Crippen LogP contribution in [-0.2, 0) is 0 Å². The van der Waals surface area contributed by atoms with Crippen molar-refractivity contribution in [3.8, 4) is 0 Å². The topological polar surface area (TPSA) is 27.3 Å². The average Bonchev–Trinajstić information content (AvgIpc) is 2.64. The van der Waals surface area contributed by atoms with Crippen molar-refractivity contribution in [1.82, 2.24) is 5.32 Å². The number of hydrogen-bond acceptors (Lipinski definition) is 2. The van der Waals surface area contributed by atoms with Crippen LogP contribution in [0.1, 0.15) is 49.4 Å². The molecule has 1 aliphatic heterocycles. The molecule has 2 aromatic rings. The highest BCUT2D eigenvalue weighted by atomic mass is 32.1. The number of hydrogen-bond donors (Lipinski definition) is 2. The molecule has 1 heterocycles. The second kappa shape index (κ2) is 8.75. The van der Waals surface area contributed by atoms with Crippen molar-refractivity contribution in [3.63, 3.8) is 0 Å². The van der Waals surface area contributed by atoms with Crippen LogP contribution in [0.4, 0.5) is 11.4 Å². The number of thiocarbonyl (C=S) groups is 1. The van der Waals surface area contributed by atoms with Crippen molar-refractivity contribution >= 4 is 28.7 Å². The van der Waals surface area contributed by atoms with Crippen LogP contribution in [0.2, 0.25) is 0 Å². The van der Waals surface area contributed by atoms with Gasteiger partial charge in [-0.05, 0) is 81.1 Å². The molecule has 4 heteroatoms. The van der Waals surface area contributed by atoms with E-state index in [0.29, 0.717) is 5.11 Å². The van der Waals surface area contributed by atoms with Gasteiger partial charge in [0.2, 0.25) is 0 Å². The molecule has 0 bridgehead atoms. The Labute approximate surface area is 169 Å². The van der Waals surface area contributed by atoms with Crippen LogP contribution in [0.3, 0.4) is 0 Å². The van der Waals surface area contributed by atoms with E-state index in [0.717, 1.165) is 18.2 Å². The normalized spacial score (nSPS) is 18.1. The molecule has 0 aromatic heterocycles. The molecule has 1 fully saturated rings. The molecule has 3 rings (SSSR count). The van der Waals surface area contributed by atoms with Gasteiger partial charge in [0.1, 0.15) is 0 Å². The molecule has 2 atom stereocenters. The summed E-state index contributed by atoms with van der Waals surface area (Å²) >= 11 is 5.52. The lowest BCUT2D eigenvalue weighted by Crippen LogP contribution is -2.34. The van der Waals surface area contributed by atoms with Crippen molar-refractivity contribution in [2.75, 3.05) is 23.3 Å². The van der Waals surface area contributed by atoms with Crippen LogP contribution in [0.15, 0.2) is 42.5 Å². The predicted molar refractivity (Wildman–Crippen MR) is 121 cm³/mol. The highest BCUT2D eigenvalue weighted by Crippen LogP contribution is 2.25. The Morgan fingerprint density at radius 1 is 1.15 bits per heavy atom. The molecule has 2 aromatic carbocycles. The highest BCUT2D eigenvalue weighted by Gasteiger charge is 2.17. The van der Waals surface area contributed by atoms with Crippen LogP contribution in [0.25, 0.3) is 0 Å². The van der Waals surface area contributed by atoms with Crippen LogP contribution in [0.5, 0.6) is 0 Å². The van der Waals surface area contributed by atoms with E-state index < -0.39 is 0 Å². The Morgan fingerprint density at radius 2 is 1.89 bits per heavy atom. The summed E-state index contributed by atoms with van der Waals surface area (Å²) in [5.41, 5.74) is 6.09. The minimum Gasteiger partial charge on any atom is -0.371 e. The molecule has 2 N–H and O–H groups in total. The fourth-order valence-electron chi connectivity index (χ4n) is 3.79. The van der Waals surface area contributed by atoms with E-state index in [2.05, 4.69) is 85.7 Å². The van der Waals surface area contributed by atoms with Crippen LogP contribution >= 0.6 is 12.2 Å². The molecule has 2 unspecified atom stereocenters. The minimum absolute atomic E-state index is 0.157. The van der Waals surface area contributed by atoms with Crippen molar-refractivity contribution < 1.29 is 0 Å². The van der Waals surface area contributed by atoms with E-state index in [-0.39, 0.29) is 6.04 Å². The Kier molecular flexibility index (Phi) is 6.38. The lowest BCUT2D eigenvalue weighted by molar-refractivity contribution is 0.447. The monoisotopic (exact) mass is 381 g/mol. The molecule has 27 heavy (non-hydrogen) atoms. The number of nitrogens with zero attached hydrogens (tertiary/aromatic N) is 1. The number of nitrogens with one attached hydrogen (secondary N) is 2. The summed E-state index contributed by atoms with van der Waals surface area (Å²) in [6.07, 6.45) is 2.64. The molecule has 0 saturated carbocycles. The molecule has 0 spiro atoms. The van der Waals surface area contributed by atoms with Gasteiger partial charge in [0.05, 0.1) is 6.04 Å². The van der Waals surface area contributed by atoms with Gasteiger partial charge < -0.3 is 15.5 Å². The Morgan fingerprint density at radius 3 is 2.56 bits per heavy atom. The fraction of sp³-hybridized carbons (Fsp3) is 0.435. The summed E-state index contributed by atoms with van der Waals surface area (Å²) in [6, 6.07) is 15.4. The van der Waals surface area contributed by atoms with E-state index in [1.807, 2.05) is 0 Å². The largest absolute Gasteiger partial charge is 0.371 e. The number of benzene rings is 2. The Bertz CT molecular complexity index is 785. The number of piperidine rings is 1. The zero-order valence-electron chi connectivity index (χ0n) is 16.9. The smallest absolute Gasteiger partial charge is 0.171 e. The van der Waals surface area contributed by atoms with Crippen molar-refractivity contribution in [1.29, 1.82) is 0 Å². The standard InChI is InChI=1S/C23H31N3S/c1-16-7-12-22(18(3)14-16)25-23(27)24-19(4)20-8-10-21(11-9-20)26-13-5-6-17(2)15-26/h7-12,14,17,19H,5-6,13,15H2,1-4H3,(H2,24,25,27). The summed E-state index contributed by atoms with van der Waals surface area (Å²) in [5.74, 6) is 0.785. The lowest BCUT2D eigenvalue weighted by Gasteiger charge is -2.33. The maximum absolute atomic E-state index is 5.52. The Hall–Kier alpha value is -2.07. The van der Waals surface area contributed by atoms with Gasteiger partial charge in [0.15, 0.2) is 5.11 Å². The van der Waals surface area contributed by atoms with E-state index in [4.69, 9.17) is 12.2 Å². The van der Waals surface area contributed by atoms with Gasteiger partial charge in [-0.25, -0.2) is 0 Å². The van der Waals surface area contributed by atoms with E-state index in [1.54, 1.807) is 0 Å².